The zero-order chi connectivity index (χ0) is 22.2. The SMILES string of the molecule is C=C(C)C(=O)OCCOc1cc(CCO)ccc1-c1ccc(-c2ccccc2)cc1F. The Morgan fingerprint density at radius 2 is 1.71 bits per heavy atom. The molecule has 3 aromatic rings. The normalized spacial score (nSPS) is 10.5. The molecule has 0 aliphatic heterocycles. The molecule has 1 N–H and O–H groups in total. The number of benzene rings is 3. The molecule has 0 atom stereocenters. The van der Waals surface area contributed by atoms with Crippen LogP contribution in [-0.2, 0) is 16.0 Å². The highest BCUT2D eigenvalue weighted by atomic mass is 19.1. The lowest BCUT2D eigenvalue weighted by Crippen LogP contribution is -2.13. The highest BCUT2D eigenvalue weighted by Crippen LogP contribution is 2.35. The minimum absolute atomic E-state index is 0.00482. The highest BCUT2D eigenvalue weighted by Gasteiger charge is 2.14. The molecule has 0 bridgehead atoms. The summed E-state index contributed by atoms with van der Waals surface area (Å²) in [7, 11) is 0. The van der Waals surface area contributed by atoms with Crippen molar-refractivity contribution in [3.8, 4) is 28.0 Å². The van der Waals surface area contributed by atoms with Crippen molar-refractivity contribution in [2.75, 3.05) is 19.8 Å². The third-order valence-corrected chi connectivity index (χ3v) is 4.74. The smallest absolute Gasteiger partial charge is 0.333 e. The van der Waals surface area contributed by atoms with Crippen molar-refractivity contribution in [3.63, 3.8) is 0 Å². The lowest BCUT2D eigenvalue weighted by molar-refractivity contribution is -0.139. The van der Waals surface area contributed by atoms with Gasteiger partial charge in [-0.25, -0.2) is 9.18 Å². The summed E-state index contributed by atoms with van der Waals surface area (Å²) in [4.78, 5) is 11.5. The van der Waals surface area contributed by atoms with Gasteiger partial charge in [-0.3, -0.25) is 0 Å². The predicted octanol–water partition coefficient (Wildman–Crippen LogP) is 5.19. The molecule has 0 aromatic heterocycles. The molecular weight excluding hydrogens is 395 g/mol. The molecule has 3 rings (SSSR count). The van der Waals surface area contributed by atoms with E-state index in [0.717, 1.165) is 16.7 Å². The monoisotopic (exact) mass is 420 g/mol. The van der Waals surface area contributed by atoms with Gasteiger partial charge in [-0.1, -0.05) is 61.2 Å². The van der Waals surface area contributed by atoms with Crippen LogP contribution in [0.25, 0.3) is 22.3 Å². The maximum Gasteiger partial charge on any atom is 0.333 e. The van der Waals surface area contributed by atoms with E-state index in [-0.39, 0.29) is 25.6 Å². The third-order valence-electron chi connectivity index (χ3n) is 4.74. The fraction of sp³-hybridized carbons (Fsp3) is 0.192. The molecule has 0 amide bonds. The van der Waals surface area contributed by atoms with Gasteiger partial charge in [-0.2, -0.15) is 0 Å². The molecule has 3 aromatic carbocycles. The summed E-state index contributed by atoms with van der Waals surface area (Å²) >= 11 is 0. The van der Waals surface area contributed by atoms with Crippen LogP contribution in [0.3, 0.4) is 0 Å². The van der Waals surface area contributed by atoms with Gasteiger partial charge in [-0.15, -0.1) is 0 Å². The van der Waals surface area contributed by atoms with Crippen molar-refractivity contribution >= 4 is 5.97 Å². The first-order valence-electron chi connectivity index (χ1n) is 10.0. The van der Waals surface area contributed by atoms with E-state index in [2.05, 4.69) is 6.58 Å². The molecule has 4 nitrogen and oxygen atoms in total. The second-order valence-electron chi connectivity index (χ2n) is 7.13. The van der Waals surface area contributed by atoms with Crippen LogP contribution < -0.4 is 4.74 Å². The zero-order valence-corrected chi connectivity index (χ0v) is 17.4. The Labute approximate surface area is 181 Å². The summed E-state index contributed by atoms with van der Waals surface area (Å²) < 4.78 is 25.9. The topological polar surface area (TPSA) is 55.8 Å². The van der Waals surface area contributed by atoms with E-state index in [0.29, 0.717) is 28.9 Å². The zero-order valence-electron chi connectivity index (χ0n) is 17.4. The van der Waals surface area contributed by atoms with Crippen molar-refractivity contribution < 1.29 is 23.8 Å². The molecule has 0 fully saturated rings. The lowest BCUT2D eigenvalue weighted by Gasteiger charge is -2.15. The third kappa shape index (κ3) is 5.80. The van der Waals surface area contributed by atoms with Crippen LogP contribution in [0.1, 0.15) is 12.5 Å². The number of hydrogen-bond donors (Lipinski definition) is 1. The second kappa shape index (κ2) is 10.5. The number of ether oxygens (including phenoxy) is 2. The van der Waals surface area contributed by atoms with Crippen LogP contribution in [-0.4, -0.2) is 30.9 Å². The van der Waals surface area contributed by atoms with Gasteiger partial charge in [0.15, 0.2) is 0 Å². The number of carbonyl (C=O) groups is 1. The Morgan fingerprint density at radius 1 is 0.968 bits per heavy atom. The summed E-state index contributed by atoms with van der Waals surface area (Å²) in [5.74, 6) is -0.390. The summed E-state index contributed by atoms with van der Waals surface area (Å²) in [6.45, 7) is 5.26. The molecule has 0 unspecified atom stereocenters. The van der Waals surface area contributed by atoms with Crippen LogP contribution in [0.4, 0.5) is 4.39 Å². The Balaban J connectivity index is 1.85. The molecule has 0 aliphatic rings. The number of rotatable bonds is 9. The van der Waals surface area contributed by atoms with Crippen molar-refractivity contribution in [1.82, 2.24) is 0 Å². The molecule has 5 heteroatoms. The minimum Gasteiger partial charge on any atom is -0.489 e. The Bertz CT molecular complexity index is 1060. The van der Waals surface area contributed by atoms with Crippen LogP contribution in [0, 0.1) is 5.82 Å². The highest BCUT2D eigenvalue weighted by molar-refractivity contribution is 5.86. The lowest BCUT2D eigenvalue weighted by atomic mass is 9.97. The minimum atomic E-state index is -0.486. The van der Waals surface area contributed by atoms with Gasteiger partial charge in [0.1, 0.15) is 24.8 Å². The fourth-order valence-corrected chi connectivity index (χ4v) is 3.15. The summed E-state index contributed by atoms with van der Waals surface area (Å²) in [6.07, 6.45) is 0.455. The van der Waals surface area contributed by atoms with Crippen LogP contribution in [0.2, 0.25) is 0 Å². The largest absolute Gasteiger partial charge is 0.489 e. The molecule has 31 heavy (non-hydrogen) atoms. The summed E-state index contributed by atoms with van der Waals surface area (Å²) in [5.41, 5.74) is 3.89. The first kappa shape index (κ1) is 22.2. The second-order valence-corrected chi connectivity index (χ2v) is 7.13. The number of carbonyl (C=O) groups excluding carboxylic acids is 1. The molecule has 160 valence electrons. The van der Waals surface area contributed by atoms with Crippen molar-refractivity contribution in [2.24, 2.45) is 0 Å². The van der Waals surface area contributed by atoms with Gasteiger partial charge in [0, 0.05) is 23.3 Å². The maximum atomic E-state index is 15.1. The van der Waals surface area contributed by atoms with Crippen LogP contribution >= 0.6 is 0 Å². The number of esters is 1. The van der Waals surface area contributed by atoms with E-state index in [9.17, 15) is 9.90 Å². The van der Waals surface area contributed by atoms with E-state index in [4.69, 9.17) is 9.47 Å². The first-order chi connectivity index (χ1) is 15.0. The van der Waals surface area contributed by atoms with Crippen molar-refractivity contribution in [1.29, 1.82) is 0 Å². The van der Waals surface area contributed by atoms with Gasteiger partial charge < -0.3 is 14.6 Å². The number of halogens is 1. The van der Waals surface area contributed by atoms with E-state index < -0.39 is 5.97 Å². The standard InChI is InChI=1S/C26H25FO4/c1-18(2)26(29)31-15-14-30-25-16-19(12-13-28)8-10-23(25)22-11-9-21(17-24(22)27)20-6-4-3-5-7-20/h3-11,16-17,28H,1,12-15H2,2H3. The van der Waals surface area contributed by atoms with Crippen LogP contribution in [0.5, 0.6) is 5.75 Å². The fourth-order valence-electron chi connectivity index (χ4n) is 3.15. The Morgan fingerprint density at radius 3 is 2.39 bits per heavy atom. The van der Waals surface area contributed by atoms with Crippen LogP contribution in [0.15, 0.2) is 78.9 Å². The molecule has 0 aliphatic carbocycles. The molecule has 0 saturated heterocycles. The van der Waals surface area contributed by atoms with Gasteiger partial charge in [-0.05, 0) is 42.2 Å². The van der Waals surface area contributed by atoms with Crippen molar-refractivity contribution in [2.45, 2.75) is 13.3 Å². The first-order valence-corrected chi connectivity index (χ1v) is 10.0. The maximum absolute atomic E-state index is 15.1. The number of hydrogen-bond acceptors (Lipinski definition) is 4. The predicted molar refractivity (Wildman–Crippen MR) is 119 cm³/mol. The molecule has 0 radical (unpaired) electrons. The number of aliphatic hydroxyl groups excluding tert-OH is 1. The average Bonchev–Trinajstić information content (AvgIpc) is 2.77. The van der Waals surface area contributed by atoms with Gasteiger partial charge >= 0.3 is 5.97 Å². The number of aliphatic hydroxyl groups is 1. The molecule has 0 heterocycles. The molecular formula is C26H25FO4. The van der Waals surface area contributed by atoms with Gasteiger partial charge in [0.2, 0.25) is 0 Å². The Kier molecular flexibility index (Phi) is 7.57. The van der Waals surface area contributed by atoms with E-state index >= 15 is 4.39 Å². The van der Waals surface area contributed by atoms with E-state index in [1.165, 1.54) is 6.07 Å². The summed E-state index contributed by atoms with van der Waals surface area (Å²) in [5, 5.41) is 9.24. The quantitative estimate of drug-likeness (QED) is 0.294. The average molecular weight is 420 g/mol. The van der Waals surface area contributed by atoms with Crippen molar-refractivity contribution in [3.05, 3.63) is 90.3 Å². The summed E-state index contributed by atoms with van der Waals surface area (Å²) in [6, 6.07) is 20.1. The van der Waals surface area contributed by atoms with Gasteiger partial charge in [0.05, 0.1) is 0 Å². The Hall–Kier alpha value is -3.44. The van der Waals surface area contributed by atoms with E-state index in [1.54, 1.807) is 25.1 Å². The molecule has 0 saturated carbocycles. The van der Waals surface area contributed by atoms with Gasteiger partial charge in [0.25, 0.3) is 0 Å². The van der Waals surface area contributed by atoms with E-state index in [1.807, 2.05) is 42.5 Å². The molecule has 0 spiro atoms.